The van der Waals surface area contributed by atoms with Crippen LogP contribution >= 0.6 is 11.6 Å². The molecule has 0 saturated carbocycles. The van der Waals surface area contributed by atoms with E-state index in [1.807, 2.05) is 0 Å². The van der Waals surface area contributed by atoms with Gasteiger partial charge in [0.1, 0.15) is 0 Å². The summed E-state index contributed by atoms with van der Waals surface area (Å²) < 4.78 is 39.1. The molecular weight excluding hydrogens is 383 g/mol. The van der Waals surface area contributed by atoms with Crippen molar-refractivity contribution in [2.45, 2.75) is 6.18 Å². The first-order valence-electron chi connectivity index (χ1n) is 7.68. The molecule has 0 atom stereocenters. The summed E-state index contributed by atoms with van der Waals surface area (Å²) >= 11 is 6.18. The van der Waals surface area contributed by atoms with Crippen LogP contribution in [0.2, 0.25) is 5.02 Å². The van der Waals surface area contributed by atoms with E-state index in [-0.39, 0.29) is 27.5 Å². The average molecular weight is 392 g/mol. The molecule has 0 unspecified atom stereocenters. The molecule has 3 aromatic rings. The van der Waals surface area contributed by atoms with Gasteiger partial charge < -0.3 is 0 Å². The Balaban J connectivity index is 1.70. The number of carbonyl (C=O) groups is 2. The predicted molar refractivity (Wildman–Crippen MR) is 91.2 cm³/mol. The average Bonchev–Trinajstić information content (AvgIpc) is 3.20. The standard InChI is InChI=1S/C18H9ClF3N3O2/c19-13-9-10(25-16(26)11-3-1-2-4-12(11)17(25)27)5-6-14(13)24-8-7-15(23-24)18(20,21)22/h1-9H. The quantitative estimate of drug-likeness (QED) is 0.610. The van der Waals surface area contributed by atoms with Gasteiger partial charge in [-0.25, -0.2) is 9.58 Å². The molecule has 0 fully saturated rings. The number of hydrogen-bond donors (Lipinski definition) is 0. The maximum Gasteiger partial charge on any atom is 0.435 e. The first-order chi connectivity index (χ1) is 12.8. The summed E-state index contributed by atoms with van der Waals surface area (Å²) in [6, 6.07) is 11.4. The van der Waals surface area contributed by atoms with Gasteiger partial charge >= 0.3 is 6.18 Å². The first kappa shape index (κ1) is 17.3. The lowest BCUT2D eigenvalue weighted by atomic mass is 10.1. The minimum Gasteiger partial charge on any atom is -0.268 e. The van der Waals surface area contributed by atoms with Gasteiger partial charge in [0.2, 0.25) is 0 Å². The highest BCUT2D eigenvalue weighted by Crippen LogP contribution is 2.33. The first-order valence-corrected chi connectivity index (χ1v) is 8.06. The van der Waals surface area contributed by atoms with E-state index >= 15 is 0 Å². The number of benzene rings is 2. The van der Waals surface area contributed by atoms with Gasteiger partial charge in [-0.1, -0.05) is 23.7 Å². The molecule has 0 aliphatic carbocycles. The summed E-state index contributed by atoms with van der Waals surface area (Å²) in [6.07, 6.45) is -3.44. The number of carbonyl (C=O) groups excluding carboxylic acids is 2. The highest BCUT2D eigenvalue weighted by molar-refractivity contribution is 6.36. The molecule has 27 heavy (non-hydrogen) atoms. The zero-order valence-corrected chi connectivity index (χ0v) is 14.1. The van der Waals surface area contributed by atoms with E-state index in [9.17, 15) is 22.8 Å². The Labute approximate surface area is 155 Å². The van der Waals surface area contributed by atoms with Crippen molar-refractivity contribution in [1.82, 2.24) is 9.78 Å². The van der Waals surface area contributed by atoms with Crippen LogP contribution in [0.15, 0.2) is 54.7 Å². The summed E-state index contributed by atoms with van der Waals surface area (Å²) in [7, 11) is 0. The van der Waals surface area contributed by atoms with E-state index < -0.39 is 23.7 Å². The molecule has 0 saturated heterocycles. The molecular formula is C18H9ClF3N3O2. The topological polar surface area (TPSA) is 55.2 Å². The number of alkyl halides is 3. The second-order valence-corrected chi connectivity index (χ2v) is 6.18. The summed E-state index contributed by atoms with van der Waals surface area (Å²) in [5.74, 6) is -0.976. The van der Waals surface area contributed by atoms with Gasteiger partial charge in [0.15, 0.2) is 5.69 Å². The van der Waals surface area contributed by atoms with E-state index in [0.29, 0.717) is 0 Å². The number of halogens is 4. The highest BCUT2D eigenvalue weighted by atomic mass is 35.5. The van der Waals surface area contributed by atoms with Gasteiger partial charge in [0.25, 0.3) is 11.8 Å². The third-order valence-electron chi connectivity index (χ3n) is 4.11. The lowest BCUT2D eigenvalue weighted by Crippen LogP contribution is -2.29. The molecule has 0 bridgehead atoms. The molecule has 136 valence electrons. The largest absolute Gasteiger partial charge is 0.435 e. The predicted octanol–water partition coefficient (Wildman–Crippen LogP) is 4.35. The number of fused-ring (bicyclic) bond motifs is 1. The molecule has 0 radical (unpaired) electrons. The number of hydrogen-bond acceptors (Lipinski definition) is 3. The van der Waals surface area contributed by atoms with Crippen LogP contribution in [0.25, 0.3) is 5.69 Å². The van der Waals surface area contributed by atoms with E-state index in [1.165, 1.54) is 18.2 Å². The Bertz CT molecular complexity index is 1060. The van der Waals surface area contributed by atoms with Crippen LogP contribution < -0.4 is 4.90 Å². The van der Waals surface area contributed by atoms with Gasteiger partial charge in [0.05, 0.1) is 27.5 Å². The molecule has 9 heteroatoms. The van der Waals surface area contributed by atoms with Crippen molar-refractivity contribution < 1.29 is 22.8 Å². The third kappa shape index (κ3) is 2.78. The molecule has 2 amide bonds. The van der Waals surface area contributed by atoms with Crippen LogP contribution in [-0.4, -0.2) is 21.6 Å². The van der Waals surface area contributed by atoms with Gasteiger partial charge in [-0.15, -0.1) is 0 Å². The number of amides is 2. The smallest absolute Gasteiger partial charge is 0.268 e. The van der Waals surface area contributed by atoms with Crippen LogP contribution in [0.5, 0.6) is 0 Å². The summed E-state index contributed by atoms with van der Waals surface area (Å²) in [4.78, 5) is 26.0. The zero-order valence-electron chi connectivity index (χ0n) is 13.4. The SMILES string of the molecule is O=C1c2ccccc2C(=O)N1c1ccc(-n2ccc(C(F)(F)F)n2)c(Cl)c1. The Morgan fingerprint density at radius 3 is 2.07 bits per heavy atom. The molecule has 5 nitrogen and oxygen atoms in total. The van der Waals surface area contributed by atoms with Gasteiger partial charge in [-0.05, 0) is 36.4 Å². The lowest BCUT2D eigenvalue weighted by molar-refractivity contribution is -0.141. The second-order valence-electron chi connectivity index (χ2n) is 5.77. The molecule has 2 heterocycles. The summed E-state index contributed by atoms with van der Waals surface area (Å²) in [6.45, 7) is 0. The lowest BCUT2D eigenvalue weighted by Gasteiger charge is -2.15. The van der Waals surface area contributed by atoms with Crippen LogP contribution in [0.4, 0.5) is 18.9 Å². The fraction of sp³-hybridized carbons (Fsp3) is 0.0556. The molecule has 0 N–H and O–H groups in total. The van der Waals surface area contributed by atoms with Crippen molar-refractivity contribution in [3.8, 4) is 5.69 Å². The number of anilines is 1. The third-order valence-corrected chi connectivity index (χ3v) is 4.41. The maximum atomic E-state index is 12.7. The van der Waals surface area contributed by atoms with Crippen molar-refractivity contribution in [3.05, 3.63) is 76.6 Å². The fourth-order valence-electron chi connectivity index (χ4n) is 2.85. The number of rotatable bonds is 2. The minimum atomic E-state index is -4.57. The van der Waals surface area contributed by atoms with E-state index in [1.54, 1.807) is 24.3 Å². The van der Waals surface area contributed by atoms with Crippen molar-refractivity contribution in [3.63, 3.8) is 0 Å². The molecule has 1 aliphatic heterocycles. The van der Waals surface area contributed by atoms with Crippen LogP contribution in [0.1, 0.15) is 26.4 Å². The molecule has 0 spiro atoms. The van der Waals surface area contributed by atoms with Crippen molar-refractivity contribution >= 4 is 29.1 Å². The van der Waals surface area contributed by atoms with Gasteiger partial charge in [-0.3, -0.25) is 9.59 Å². The summed E-state index contributed by atoms with van der Waals surface area (Å²) in [5.41, 5.74) is -0.0807. The van der Waals surface area contributed by atoms with Crippen LogP contribution in [0.3, 0.4) is 0 Å². The molecule has 2 aromatic carbocycles. The van der Waals surface area contributed by atoms with Crippen molar-refractivity contribution in [2.24, 2.45) is 0 Å². The second kappa shape index (κ2) is 5.95. The van der Waals surface area contributed by atoms with Gasteiger partial charge in [-0.2, -0.15) is 18.3 Å². The van der Waals surface area contributed by atoms with Crippen molar-refractivity contribution in [1.29, 1.82) is 0 Å². The summed E-state index contributed by atoms with van der Waals surface area (Å²) in [5, 5.41) is 3.50. The zero-order chi connectivity index (χ0) is 19.3. The number of imide groups is 1. The van der Waals surface area contributed by atoms with E-state index in [0.717, 1.165) is 21.8 Å². The van der Waals surface area contributed by atoms with Gasteiger partial charge in [0, 0.05) is 6.20 Å². The molecule has 4 rings (SSSR count). The van der Waals surface area contributed by atoms with E-state index in [4.69, 9.17) is 11.6 Å². The fourth-order valence-corrected chi connectivity index (χ4v) is 3.12. The molecule has 1 aromatic heterocycles. The minimum absolute atomic E-state index is 0.0425. The molecule has 1 aliphatic rings. The normalized spacial score (nSPS) is 14.0. The Morgan fingerprint density at radius 1 is 0.926 bits per heavy atom. The Hall–Kier alpha value is -3.13. The maximum absolute atomic E-state index is 12.7. The van der Waals surface area contributed by atoms with Crippen molar-refractivity contribution in [2.75, 3.05) is 4.90 Å². The van der Waals surface area contributed by atoms with Crippen LogP contribution in [-0.2, 0) is 6.18 Å². The Morgan fingerprint density at radius 2 is 1.56 bits per heavy atom. The van der Waals surface area contributed by atoms with Crippen LogP contribution in [0, 0.1) is 0 Å². The number of nitrogens with zero attached hydrogens (tertiary/aromatic N) is 3. The van der Waals surface area contributed by atoms with E-state index in [2.05, 4.69) is 5.10 Å². The highest BCUT2D eigenvalue weighted by Gasteiger charge is 2.37. The Kier molecular flexibility index (Phi) is 3.81. The number of aromatic nitrogens is 2. The monoisotopic (exact) mass is 391 g/mol.